The fourth-order valence-corrected chi connectivity index (χ4v) is 3.79. The molecule has 0 atom stereocenters. The number of carbonyl (C=O) groups is 1. The van der Waals surface area contributed by atoms with E-state index in [2.05, 4.69) is 15.9 Å². The number of carboxylic acids is 1. The lowest BCUT2D eigenvalue weighted by Gasteiger charge is -2.36. The Balaban J connectivity index is 2.15. The van der Waals surface area contributed by atoms with Gasteiger partial charge in [0, 0.05) is 15.6 Å². The molecular formula is C15H17BrO4. The van der Waals surface area contributed by atoms with Crippen LogP contribution in [0.25, 0.3) is 0 Å². The summed E-state index contributed by atoms with van der Waals surface area (Å²) in [5.74, 6) is -0.0312. The van der Waals surface area contributed by atoms with E-state index in [-0.39, 0.29) is 6.79 Å². The number of ether oxygens (including phenoxy) is 2. The second-order valence-corrected chi connectivity index (χ2v) is 6.42. The first kappa shape index (κ1) is 13.9. The Bertz CT molecular complexity index is 535. The third-order valence-corrected chi connectivity index (χ3v) is 4.76. The summed E-state index contributed by atoms with van der Waals surface area (Å²) in [6.45, 7) is 0.662. The highest BCUT2D eigenvalue weighted by Gasteiger charge is 2.44. The third kappa shape index (κ3) is 2.23. The average Bonchev–Trinajstić information content (AvgIpc) is 2.47. The summed E-state index contributed by atoms with van der Waals surface area (Å²) >= 11 is 3.48. The minimum Gasteiger partial charge on any atom is -0.481 e. The molecule has 0 saturated heterocycles. The highest BCUT2D eigenvalue weighted by atomic mass is 79.9. The van der Waals surface area contributed by atoms with Gasteiger partial charge in [0.15, 0.2) is 6.79 Å². The molecule has 1 fully saturated rings. The maximum atomic E-state index is 12.0. The van der Waals surface area contributed by atoms with Gasteiger partial charge in [-0.05, 0) is 25.0 Å². The summed E-state index contributed by atoms with van der Waals surface area (Å²) in [5, 5.41) is 9.83. The first-order valence-electron chi connectivity index (χ1n) is 6.90. The predicted octanol–water partition coefficient (Wildman–Crippen LogP) is 3.60. The van der Waals surface area contributed by atoms with E-state index in [9.17, 15) is 9.90 Å². The van der Waals surface area contributed by atoms with Crippen LogP contribution in [0.1, 0.15) is 43.2 Å². The Labute approximate surface area is 126 Å². The van der Waals surface area contributed by atoms with Gasteiger partial charge >= 0.3 is 5.97 Å². The van der Waals surface area contributed by atoms with Crippen molar-refractivity contribution in [1.29, 1.82) is 0 Å². The largest absolute Gasteiger partial charge is 0.481 e. The van der Waals surface area contributed by atoms with Crippen LogP contribution in [0.5, 0.6) is 5.75 Å². The van der Waals surface area contributed by atoms with Crippen molar-refractivity contribution >= 4 is 21.9 Å². The van der Waals surface area contributed by atoms with Gasteiger partial charge < -0.3 is 14.6 Å². The summed E-state index contributed by atoms with van der Waals surface area (Å²) in [6, 6.07) is 3.85. The van der Waals surface area contributed by atoms with Gasteiger partial charge in [-0.15, -0.1) is 0 Å². The van der Waals surface area contributed by atoms with Gasteiger partial charge in [-0.1, -0.05) is 35.2 Å². The quantitative estimate of drug-likeness (QED) is 0.893. The van der Waals surface area contributed by atoms with Crippen molar-refractivity contribution in [3.8, 4) is 5.75 Å². The minimum atomic E-state index is -0.816. The van der Waals surface area contributed by atoms with E-state index in [1.165, 1.54) is 0 Å². The molecule has 0 radical (unpaired) electrons. The minimum absolute atomic E-state index is 0.192. The third-order valence-electron chi connectivity index (χ3n) is 4.31. The Morgan fingerprint density at radius 2 is 2.00 bits per heavy atom. The van der Waals surface area contributed by atoms with Gasteiger partial charge in [0.25, 0.3) is 0 Å². The van der Waals surface area contributed by atoms with Crippen molar-refractivity contribution in [3.63, 3.8) is 0 Å². The van der Waals surface area contributed by atoms with Crippen LogP contribution in [0.4, 0.5) is 0 Å². The molecule has 108 valence electrons. The fraction of sp³-hybridized carbons (Fsp3) is 0.533. The van der Waals surface area contributed by atoms with E-state index >= 15 is 0 Å². The number of hydrogen-bond acceptors (Lipinski definition) is 3. The number of rotatable bonds is 2. The Hall–Kier alpha value is -1.07. The number of benzene rings is 1. The van der Waals surface area contributed by atoms with Crippen LogP contribution in [0.2, 0.25) is 0 Å². The highest BCUT2D eigenvalue weighted by Crippen LogP contribution is 2.46. The molecule has 0 bridgehead atoms. The monoisotopic (exact) mass is 340 g/mol. The van der Waals surface area contributed by atoms with Crippen molar-refractivity contribution in [2.75, 3.05) is 6.79 Å². The van der Waals surface area contributed by atoms with Crippen LogP contribution >= 0.6 is 15.9 Å². The molecule has 1 saturated carbocycles. The first-order valence-corrected chi connectivity index (χ1v) is 7.70. The SMILES string of the molecule is O=C(O)C1(c2cc(Br)cc3c2OCOC3)CCCCC1. The maximum absolute atomic E-state index is 12.0. The van der Waals surface area contributed by atoms with E-state index < -0.39 is 11.4 Å². The molecule has 1 aliphatic heterocycles. The Morgan fingerprint density at radius 1 is 1.25 bits per heavy atom. The maximum Gasteiger partial charge on any atom is 0.314 e. The second-order valence-electron chi connectivity index (χ2n) is 5.50. The first-order chi connectivity index (χ1) is 9.63. The highest BCUT2D eigenvalue weighted by molar-refractivity contribution is 9.10. The molecule has 0 unspecified atom stereocenters. The molecule has 3 rings (SSSR count). The van der Waals surface area contributed by atoms with Crippen LogP contribution in [0.15, 0.2) is 16.6 Å². The second kappa shape index (κ2) is 5.37. The van der Waals surface area contributed by atoms with Crippen molar-refractivity contribution in [2.24, 2.45) is 0 Å². The Kier molecular flexibility index (Phi) is 3.73. The van der Waals surface area contributed by atoms with E-state index in [1.807, 2.05) is 12.1 Å². The predicted molar refractivity (Wildman–Crippen MR) is 76.8 cm³/mol. The van der Waals surface area contributed by atoms with E-state index in [4.69, 9.17) is 9.47 Å². The fourth-order valence-electron chi connectivity index (χ4n) is 3.29. The summed E-state index contributed by atoms with van der Waals surface area (Å²) in [5.41, 5.74) is 0.910. The van der Waals surface area contributed by atoms with E-state index in [0.717, 1.165) is 34.9 Å². The molecule has 2 aliphatic rings. The van der Waals surface area contributed by atoms with Gasteiger partial charge in [0.2, 0.25) is 0 Å². The van der Waals surface area contributed by atoms with Gasteiger partial charge in [-0.2, -0.15) is 0 Å². The van der Waals surface area contributed by atoms with Crippen LogP contribution in [-0.4, -0.2) is 17.9 Å². The zero-order valence-corrected chi connectivity index (χ0v) is 12.7. The van der Waals surface area contributed by atoms with Crippen LogP contribution in [0, 0.1) is 0 Å². The lowest BCUT2D eigenvalue weighted by molar-refractivity contribution is -0.145. The van der Waals surface area contributed by atoms with Crippen molar-refractivity contribution in [1.82, 2.24) is 0 Å². The smallest absolute Gasteiger partial charge is 0.314 e. The molecule has 1 aromatic carbocycles. The number of halogens is 1. The standard InChI is InChI=1S/C15H17BrO4/c16-11-6-10-8-19-9-20-13(10)12(7-11)15(14(17)18)4-2-1-3-5-15/h6-7H,1-5,8-9H2,(H,17,18). The van der Waals surface area contributed by atoms with E-state index in [0.29, 0.717) is 25.2 Å². The molecule has 0 aromatic heterocycles. The normalized spacial score (nSPS) is 20.9. The number of hydrogen-bond donors (Lipinski definition) is 1. The molecule has 4 nitrogen and oxygen atoms in total. The molecule has 20 heavy (non-hydrogen) atoms. The van der Waals surface area contributed by atoms with Crippen LogP contribution < -0.4 is 4.74 Å². The van der Waals surface area contributed by atoms with Gasteiger partial charge in [-0.3, -0.25) is 4.79 Å². The van der Waals surface area contributed by atoms with Gasteiger partial charge in [0.1, 0.15) is 5.75 Å². The van der Waals surface area contributed by atoms with Gasteiger partial charge in [-0.25, -0.2) is 0 Å². The summed E-state index contributed by atoms with van der Waals surface area (Å²) < 4.78 is 11.8. The summed E-state index contributed by atoms with van der Waals surface area (Å²) in [4.78, 5) is 12.0. The molecule has 5 heteroatoms. The number of fused-ring (bicyclic) bond motifs is 1. The molecule has 0 spiro atoms. The lowest BCUT2D eigenvalue weighted by atomic mass is 9.69. The van der Waals surface area contributed by atoms with Crippen molar-refractivity contribution in [2.45, 2.75) is 44.1 Å². The van der Waals surface area contributed by atoms with E-state index in [1.54, 1.807) is 0 Å². The summed E-state index contributed by atoms with van der Waals surface area (Å²) in [6.07, 6.45) is 4.36. The molecule has 0 amide bonds. The van der Waals surface area contributed by atoms with Gasteiger partial charge in [0.05, 0.1) is 12.0 Å². The van der Waals surface area contributed by atoms with Crippen LogP contribution in [-0.2, 0) is 21.6 Å². The van der Waals surface area contributed by atoms with Crippen molar-refractivity contribution in [3.05, 3.63) is 27.7 Å². The molecule has 1 aliphatic carbocycles. The Morgan fingerprint density at radius 3 is 2.70 bits per heavy atom. The van der Waals surface area contributed by atoms with Crippen molar-refractivity contribution < 1.29 is 19.4 Å². The zero-order chi connectivity index (χ0) is 14.2. The molecular weight excluding hydrogens is 324 g/mol. The molecule has 1 aromatic rings. The number of aliphatic carboxylic acids is 1. The lowest BCUT2D eigenvalue weighted by Crippen LogP contribution is -2.38. The molecule has 1 heterocycles. The topological polar surface area (TPSA) is 55.8 Å². The summed E-state index contributed by atoms with van der Waals surface area (Å²) in [7, 11) is 0. The number of carboxylic acid groups (broad SMARTS) is 1. The molecule has 1 N–H and O–H groups in total. The zero-order valence-electron chi connectivity index (χ0n) is 11.2. The average molecular weight is 341 g/mol. The van der Waals surface area contributed by atoms with Crippen LogP contribution in [0.3, 0.4) is 0 Å².